The van der Waals surface area contributed by atoms with Crippen molar-refractivity contribution in [2.75, 3.05) is 20.3 Å². The predicted molar refractivity (Wildman–Crippen MR) is 79.8 cm³/mol. The molecule has 110 valence electrons. The smallest absolute Gasteiger partial charge is 0.122 e. The third-order valence-electron chi connectivity index (χ3n) is 2.75. The number of nitrogens with zero attached hydrogens (tertiary/aromatic N) is 1. The molecule has 5 heteroatoms. The molecule has 0 saturated carbocycles. The summed E-state index contributed by atoms with van der Waals surface area (Å²) in [6, 6.07) is 14.6. The number of rotatable bonds is 7. The van der Waals surface area contributed by atoms with E-state index in [4.69, 9.17) is 19.4 Å². The van der Waals surface area contributed by atoms with E-state index in [-0.39, 0.29) is 0 Å². The quantitative estimate of drug-likeness (QED) is 0.368. The van der Waals surface area contributed by atoms with Crippen molar-refractivity contribution in [2.24, 2.45) is 5.16 Å². The van der Waals surface area contributed by atoms with Crippen LogP contribution < -0.4 is 14.2 Å². The van der Waals surface area contributed by atoms with E-state index in [1.807, 2.05) is 42.5 Å². The van der Waals surface area contributed by atoms with Gasteiger partial charge in [0.1, 0.15) is 30.5 Å². The molecular formula is C16H17NO4. The van der Waals surface area contributed by atoms with E-state index in [2.05, 4.69) is 5.16 Å². The van der Waals surface area contributed by atoms with Crippen LogP contribution in [0.5, 0.6) is 17.2 Å². The molecule has 0 unspecified atom stereocenters. The molecule has 2 aromatic rings. The van der Waals surface area contributed by atoms with Crippen LogP contribution in [0.1, 0.15) is 5.56 Å². The van der Waals surface area contributed by atoms with Crippen molar-refractivity contribution < 1.29 is 19.4 Å². The molecule has 0 aliphatic rings. The Hall–Kier alpha value is -2.69. The third-order valence-corrected chi connectivity index (χ3v) is 2.75. The average Bonchev–Trinajstić information content (AvgIpc) is 2.53. The molecular weight excluding hydrogens is 270 g/mol. The van der Waals surface area contributed by atoms with Crippen LogP contribution in [0.25, 0.3) is 0 Å². The highest BCUT2D eigenvalue weighted by molar-refractivity contribution is 5.79. The van der Waals surface area contributed by atoms with Crippen molar-refractivity contribution >= 4 is 6.21 Å². The first-order valence-corrected chi connectivity index (χ1v) is 6.49. The van der Waals surface area contributed by atoms with Crippen LogP contribution in [0.2, 0.25) is 0 Å². The highest BCUT2D eigenvalue weighted by Gasteiger charge is 1.98. The van der Waals surface area contributed by atoms with E-state index >= 15 is 0 Å². The Kier molecular flexibility index (Phi) is 5.46. The second kappa shape index (κ2) is 7.79. The predicted octanol–water partition coefficient (Wildman–Crippen LogP) is 2.96. The molecule has 0 aromatic heterocycles. The first-order valence-electron chi connectivity index (χ1n) is 6.49. The molecule has 5 nitrogen and oxygen atoms in total. The summed E-state index contributed by atoms with van der Waals surface area (Å²) in [6.07, 6.45) is 1.35. The lowest BCUT2D eigenvalue weighted by atomic mass is 10.2. The van der Waals surface area contributed by atoms with Gasteiger partial charge < -0.3 is 19.4 Å². The van der Waals surface area contributed by atoms with Gasteiger partial charge >= 0.3 is 0 Å². The fourth-order valence-electron chi connectivity index (χ4n) is 1.74. The van der Waals surface area contributed by atoms with Gasteiger partial charge in [-0.1, -0.05) is 17.3 Å². The van der Waals surface area contributed by atoms with Gasteiger partial charge in [-0.25, -0.2) is 0 Å². The van der Waals surface area contributed by atoms with E-state index in [0.29, 0.717) is 19.0 Å². The summed E-state index contributed by atoms with van der Waals surface area (Å²) in [5.74, 6) is 2.26. The van der Waals surface area contributed by atoms with Crippen LogP contribution >= 0.6 is 0 Å². The van der Waals surface area contributed by atoms with Gasteiger partial charge in [0, 0.05) is 0 Å². The van der Waals surface area contributed by atoms with Gasteiger partial charge in [-0.05, 0) is 42.0 Å². The Balaban J connectivity index is 1.77. The number of benzene rings is 2. The van der Waals surface area contributed by atoms with Crippen molar-refractivity contribution in [3.8, 4) is 17.2 Å². The zero-order valence-electron chi connectivity index (χ0n) is 11.7. The summed E-state index contributed by atoms with van der Waals surface area (Å²) in [5.41, 5.74) is 0.770. The third kappa shape index (κ3) is 4.72. The van der Waals surface area contributed by atoms with Crippen LogP contribution in [-0.4, -0.2) is 31.7 Å². The van der Waals surface area contributed by atoms with Gasteiger partial charge in [-0.3, -0.25) is 0 Å². The van der Waals surface area contributed by atoms with Crippen molar-refractivity contribution in [3.63, 3.8) is 0 Å². The number of hydrogen-bond donors (Lipinski definition) is 1. The number of oxime groups is 1. The fraction of sp³-hybridized carbons (Fsp3) is 0.188. The molecule has 0 fully saturated rings. The Labute approximate surface area is 123 Å². The van der Waals surface area contributed by atoms with Gasteiger partial charge in [0.25, 0.3) is 0 Å². The van der Waals surface area contributed by atoms with Gasteiger partial charge in [-0.2, -0.15) is 0 Å². The zero-order chi connectivity index (χ0) is 14.9. The minimum atomic E-state index is 0.422. The lowest BCUT2D eigenvalue weighted by Gasteiger charge is -2.09. The number of ether oxygens (including phenoxy) is 3. The summed E-state index contributed by atoms with van der Waals surface area (Å²) in [6.45, 7) is 0.858. The first-order chi connectivity index (χ1) is 10.3. The standard InChI is InChI=1S/C16H17NO4/c1-19-14-5-7-15(8-6-14)20-9-10-21-16-4-2-3-13(11-16)12-17-18/h2-8,11-12,18H,9-10H2,1H3. The minimum absolute atomic E-state index is 0.422. The van der Waals surface area contributed by atoms with Gasteiger partial charge in [0.2, 0.25) is 0 Å². The van der Waals surface area contributed by atoms with E-state index < -0.39 is 0 Å². The molecule has 0 radical (unpaired) electrons. The van der Waals surface area contributed by atoms with E-state index in [0.717, 1.165) is 17.1 Å². The summed E-state index contributed by atoms with van der Waals surface area (Å²) in [5, 5.41) is 11.5. The molecule has 1 N–H and O–H groups in total. The van der Waals surface area contributed by atoms with Gasteiger partial charge in [0.15, 0.2) is 0 Å². The normalized spacial score (nSPS) is 10.5. The Bertz CT molecular complexity index is 581. The van der Waals surface area contributed by atoms with Crippen molar-refractivity contribution in [2.45, 2.75) is 0 Å². The summed E-state index contributed by atoms with van der Waals surface area (Å²) < 4.78 is 16.2. The Morgan fingerprint density at radius 1 is 0.952 bits per heavy atom. The molecule has 0 saturated heterocycles. The summed E-state index contributed by atoms with van der Waals surface area (Å²) in [4.78, 5) is 0. The number of methoxy groups -OCH3 is 1. The summed E-state index contributed by atoms with van der Waals surface area (Å²) >= 11 is 0. The van der Waals surface area contributed by atoms with Crippen LogP contribution in [-0.2, 0) is 0 Å². The average molecular weight is 287 g/mol. The molecule has 0 aliphatic heterocycles. The molecule has 2 rings (SSSR count). The van der Waals surface area contributed by atoms with E-state index in [9.17, 15) is 0 Å². The lowest BCUT2D eigenvalue weighted by molar-refractivity contribution is 0.217. The van der Waals surface area contributed by atoms with Crippen LogP contribution in [0.4, 0.5) is 0 Å². The van der Waals surface area contributed by atoms with Crippen molar-refractivity contribution in [1.82, 2.24) is 0 Å². The van der Waals surface area contributed by atoms with Crippen molar-refractivity contribution in [3.05, 3.63) is 54.1 Å². The molecule has 0 spiro atoms. The zero-order valence-corrected chi connectivity index (χ0v) is 11.7. The topological polar surface area (TPSA) is 60.3 Å². The SMILES string of the molecule is COc1ccc(OCCOc2cccc(C=NO)c2)cc1. The Morgan fingerprint density at radius 3 is 2.29 bits per heavy atom. The first kappa shape index (κ1) is 14.7. The van der Waals surface area contributed by atoms with Crippen molar-refractivity contribution in [1.29, 1.82) is 0 Å². The second-order valence-corrected chi connectivity index (χ2v) is 4.19. The van der Waals surface area contributed by atoms with Crippen LogP contribution in [0, 0.1) is 0 Å². The number of hydrogen-bond acceptors (Lipinski definition) is 5. The highest BCUT2D eigenvalue weighted by Crippen LogP contribution is 2.17. The maximum atomic E-state index is 8.49. The molecule has 2 aromatic carbocycles. The monoisotopic (exact) mass is 287 g/mol. The van der Waals surface area contributed by atoms with E-state index in [1.54, 1.807) is 13.2 Å². The summed E-state index contributed by atoms with van der Waals surface area (Å²) in [7, 11) is 1.62. The lowest BCUT2D eigenvalue weighted by Crippen LogP contribution is -2.09. The second-order valence-electron chi connectivity index (χ2n) is 4.19. The van der Waals surface area contributed by atoms with Crippen LogP contribution in [0.3, 0.4) is 0 Å². The van der Waals surface area contributed by atoms with E-state index in [1.165, 1.54) is 6.21 Å². The molecule has 0 heterocycles. The molecule has 0 amide bonds. The maximum absolute atomic E-state index is 8.49. The minimum Gasteiger partial charge on any atom is -0.497 e. The van der Waals surface area contributed by atoms with Gasteiger partial charge in [0.05, 0.1) is 13.3 Å². The fourth-order valence-corrected chi connectivity index (χ4v) is 1.74. The molecule has 0 atom stereocenters. The molecule has 0 bridgehead atoms. The van der Waals surface area contributed by atoms with Gasteiger partial charge in [-0.15, -0.1) is 0 Å². The maximum Gasteiger partial charge on any atom is 0.122 e. The molecule has 21 heavy (non-hydrogen) atoms. The highest BCUT2D eigenvalue weighted by atomic mass is 16.5. The Morgan fingerprint density at radius 2 is 1.62 bits per heavy atom. The van der Waals surface area contributed by atoms with Crippen LogP contribution in [0.15, 0.2) is 53.7 Å². The molecule has 0 aliphatic carbocycles. The largest absolute Gasteiger partial charge is 0.497 e.